The van der Waals surface area contributed by atoms with Crippen molar-refractivity contribution < 1.29 is 14.0 Å². The summed E-state index contributed by atoms with van der Waals surface area (Å²) >= 11 is 1.53. The van der Waals surface area contributed by atoms with E-state index in [1.54, 1.807) is 5.51 Å². The van der Waals surface area contributed by atoms with Gasteiger partial charge in [0.1, 0.15) is 6.61 Å². The second kappa shape index (κ2) is 4.11. The molecule has 0 saturated heterocycles. The second-order valence-corrected chi connectivity index (χ2v) is 4.25. The molecule has 1 N–H and O–H groups in total. The van der Waals surface area contributed by atoms with Gasteiger partial charge >= 0.3 is 8.25 Å². The molecular weight excluding hydrogens is 221 g/mol. The maximum absolute atomic E-state index is 10.4. The average molecular weight is 228 g/mol. The first-order valence-corrected chi connectivity index (χ1v) is 5.88. The zero-order valence-electron chi connectivity index (χ0n) is 7.08. The van der Waals surface area contributed by atoms with Gasteiger partial charge in [-0.05, 0) is 6.07 Å². The highest BCUT2D eigenvalue weighted by Crippen LogP contribution is 2.24. The van der Waals surface area contributed by atoms with Crippen LogP contribution >= 0.6 is 19.6 Å². The summed E-state index contributed by atoms with van der Waals surface area (Å²) in [5.74, 6) is 0. The Morgan fingerprint density at radius 2 is 2.43 bits per heavy atom. The third-order valence-electron chi connectivity index (χ3n) is 1.77. The van der Waals surface area contributed by atoms with Gasteiger partial charge in [-0.1, -0.05) is 12.1 Å². The molecule has 1 aromatic carbocycles. The molecule has 6 heteroatoms. The molecule has 0 aliphatic rings. The molecule has 72 valence electrons. The summed E-state index contributed by atoms with van der Waals surface area (Å²) in [5, 5.41) is 0. The van der Waals surface area contributed by atoms with E-state index >= 15 is 0 Å². The van der Waals surface area contributed by atoms with Crippen molar-refractivity contribution in [2.45, 2.75) is 6.61 Å². The summed E-state index contributed by atoms with van der Waals surface area (Å²) in [7, 11) is -2.54. The first-order valence-electron chi connectivity index (χ1n) is 3.87. The topological polar surface area (TPSA) is 59.4 Å². The van der Waals surface area contributed by atoms with Gasteiger partial charge in [0.15, 0.2) is 0 Å². The van der Waals surface area contributed by atoms with E-state index < -0.39 is 8.25 Å². The Balaban J connectivity index is 2.32. The lowest BCUT2D eigenvalue weighted by Gasteiger charge is -1.95. The van der Waals surface area contributed by atoms with Crippen LogP contribution in [0.5, 0.6) is 0 Å². The molecule has 0 bridgehead atoms. The molecule has 2 aromatic rings. The van der Waals surface area contributed by atoms with Crippen LogP contribution in [0.15, 0.2) is 23.7 Å². The van der Waals surface area contributed by atoms with Crippen molar-refractivity contribution in [3.63, 3.8) is 0 Å². The standard InChI is InChI=1S/C8H6NO3PS/c10-13(11)12-4-6-2-1-3-7-8(6)9-5-14-7/h1-3,5H,4H2/p+1. The van der Waals surface area contributed by atoms with Crippen molar-refractivity contribution in [1.29, 1.82) is 0 Å². The number of benzene rings is 1. The van der Waals surface area contributed by atoms with E-state index in [0.29, 0.717) is 0 Å². The third-order valence-corrected chi connectivity index (χ3v) is 2.92. The van der Waals surface area contributed by atoms with Crippen LogP contribution in [0.3, 0.4) is 0 Å². The molecule has 1 unspecified atom stereocenters. The molecule has 0 saturated carbocycles. The van der Waals surface area contributed by atoms with Crippen LogP contribution in [0.4, 0.5) is 0 Å². The van der Waals surface area contributed by atoms with Crippen LogP contribution in [0.1, 0.15) is 5.56 Å². The van der Waals surface area contributed by atoms with E-state index in [9.17, 15) is 4.57 Å². The van der Waals surface area contributed by atoms with Crippen molar-refractivity contribution in [2.75, 3.05) is 0 Å². The van der Waals surface area contributed by atoms with Crippen LogP contribution in [0.2, 0.25) is 0 Å². The minimum absolute atomic E-state index is 0.118. The number of nitrogens with zero attached hydrogens (tertiary/aromatic N) is 1. The van der Waals surface area contributed by atoms with Crippen molar-refractivity contribution in [2.24, 2.45) is 0 Å². The van der Waals surface area contributed by atoms with Crippen molar-refractivity contribution in [3.05, 3.63) is 29.3 Å². The minimum atomic E-state index is -2.54. The molecule has 1 atom stereocenters. The van der Waals surface area contributed by atoms with Crippen LogP contribution < -0.4 is 0 Å². The molecule has 0 radical (unpaired) electrons. The summed E-state index contributed by atoms with van der Waals surface area (Å²) in [5.41, 5.74) is 3.42. The predicted octanol–water partition coefficient (Wildman–Crippen LogP) is 2.46. The molecule has 1 aromatic heterocycles. The highest BCUT2D eigenvalue weighted by Gasteiger charge is 2.13. The number of para-hydroxylation sites is 1. The van der Waals surface area contributed by atoms with Crippen LogP contribution in [-0.4, -0.2) is 9.88 Å². The maximum Gasteiger partial charge on any atom is 0.695 e. The molecule has 1 heterocycles. The average Bonchev–Trinajstić information content (AvgIpc) is 2.62. The number of thiazole rings is 1. The van der Waals surface area contributed by atoms with Gasteiger partial charge in [-0.25, -0.2) is 4.98 Å². The van der Waals surface area contributed by atoms with E-state index in [-0.39, 0.29) is 6.61 Å². The van der Waals surface area contributed by atoms with Gasteiger partial charge in [0.25, 0.3) is 0 Å². The van der Waals surface area contributed by atoms with Crippen molar-refractivity contribution >= 4 is 29.8 Å². The lowest BCUT2D eigenvalue weighted by Crippen LogP contribution is -1.87. The Labute approximate surface area is 85.1 Å². The van der Waals surface area contributed by atoms with Gasteiger partial charge in [0.05, 0.1) is 15.7 Å². The van der Waals surface area contributed by atoms with Gasteiger partial charge < -0.3 is 0 Å². The summed E-state index contributed by atoms with van der Waals surface area (Å²) in [6.07, 6.45) is 0. The van der Waals surface area contributed by atoms with E-state index in [1.807, 2.05) is 18.2 Å². The molecular formula is C8H7NO3PS+. The van der Waals surface area contributed by atoms with Crippen LogP contribution in [-0.2, 0) is 15.7 Å². The number of hydrogen-bond donors (Lipinski definition) is 1. The number of rotatable bonds is 3. The van der Waals surface area contributed by atoms with Crippen molar-refractivity contribution in [3.8, 4) is 0 Å². The Bertz CT molecular complexity index is 470. The molecule has 0 spiro atoms. The zero-order valence-corrected chi connectivity index (χ0v) is 8.79. The fourth-order valence-corrected chi connectivity index (χ4v) is 2.16. The molecule has 0 fully saturated rings. The molecule has 0 amide bonds. The molecule has 14 heavy (non-hydrogen) atoms. The fraction of sp³-hybridized carbons (Fsp3) is 0.125. The Morgan fingerprint density at radius 3 is 3.21 bits per heavy atom. The van der Waals surface area contributed by atoms with E-state index in [1.165, 1.54) is 11.3 Å². The minimum Gasteiger partial charge on any atom is -0.244 e. The SMILES string of the molecule is O=[P+](O)OCc1cccc2scnc12. The number of fused-ring (bicyclic) bond motifs is 1. The summed E-state index contributed by atoms with van der Waals surface area (Å²) in [6.45, 7) is 0.118. The summed E-state index contributed by atoms with van der Waals surface area (Å²) in [6, 6.07) is 5.67. The largest absolute Gasteiger partial charge is 0.695 e. The third kappa shape index (κ3) is 1.96. The van der Waals surface area contributed by atoms with Crippen LogP contribution in [0.25, 0.3) is 10.2 Å². The molecule has 0 aliphatic heterocycles. The smallest absolute Gasteiger partial charge is 0.244 e. The summed E-state index contributed by atoms with van der Waals surface area (Å²) < 4.78 is 16.0. The van der Waals surface area contributed by atoms with E-state index in [4.69, 9.17) is 4.89 Å². The Kier molecular flexibility index (Phi) is 2.84. The van der Waals surface area contributed by atoms with Crippen molar-refractivity contribution in [1.82, 2.24) is 4.98 Å². The monoisotopic (exact) mass is 228 g/mol. The quantitative estimate of drug-likeness (QED) is 0.820. The maximum atomic E-state index is 10.4. The predicted molar refractivity (Wildman–Crippen MR) is 54.2 cm³/mol. The van der Waals surface area contributed by atoms with Gasteiger partial charge in [-0.3, -0.25) is 0 Å². The Morgan fingerprint density at radius 1 is 1.57 bits per heavy atom. The highest BCUT2D eigenvalue weighted by molar-refractivity contribution is 7.32. The Hall–Kier alpha value is -0.870. The van der Waals surface area contributed by atoms with E-state index in [2.05, 4.69) is 9.51 Å². The lowest BCUT2D eigenvalue weighted by atomic mass is 10.2. The first-order chi connectivity index (χ1) is 6.77. The number of hydrogen-bond acceptors (Lipinski definition) is 4. The molecule has 4 nitrogen and oxygen atoms in total. The van der Waals surface area contributed by atoms with Gasteiger partial charge in [-0.2, -0.15) is 0 Å². The summed E-state index contributed by atoms with van der Waals surface area (Å²) in [4.78, 5) is 12.7. The van der Waals surface area contributed by atoms with Gasteiger partial charge in [-0.15, -0.1) is 20.8 Å². The first kappa shape index (κ1) is 9.68. The van der Waals surface area contributed by atoms with Crippen LogP contribution in [0, 0.1) is 0 Å². The molecule has 2 rings (SSSR count). The second-order valence-electron chi connectivity index (χ2n) is 2.63. The normalized spacial score (nSPS) is 11.9. The van der Waals surface area contributed by atoms with Gasteiger partial charge in [0, 0.05) is 10.1 Å². The molecule has 0 aliphatic carbocycles. The zero-order chi connectivity index (χ0) is 9.97. The highest BCUT2D eigenvalue weighted by atomic mass is 32.1. The fourth-order valence-electron chi connectivity index (χ4n) is 1.19. The van der Waals surface area contributed by atoms with Gasteiger partial charge in [0.2, 0.25) is 0 Å². The number of aromatic nitrogens is 1. The van der Waals surface area contributed by atoms with E-state index in [0.717, 1.165) is 15.8 Å². The lowest BCUT2D eigenvalue weighted by molar-refractivity contribution is 0.273.